The number of methoxy groups -OCH3 is 2. The van der Waals surface area contributed by atoms with Gasteiger partial charge in [0.1, 0.15) is 12.2 Å². The average Bonchev–Trinajstić information content (AvgIpc) is 2.65. The van der Waals surface area contributed by atoms with Gasteiger partial charge >= 0.3 is 0 Å². The standard InChI is InChI=1S/C20H24BrNO5/c1-20(24,13-25-2)12-22-19(23)15-6-9-17(18(10-15)26-3)27-11-14-4-7-16(21)8-5-14/h4-10,24H,11-13H2,1-3H3,(H,22,23)/t20-/m0/s1. The lowest BCUT2D eigenvalue weighted by Crippen LogP contribution is -2.43. The molecule has 0 fully saturated rings. The molecule has 0 unspecified atom stereocenters. The minimum Gasteiger partial charge on any atom is -0.493 e. The Morgan fingerprint density at radius 2 is 1.85 bits per heavy atom. The molecule has 0 spiro atoms. The molecule has 0 aliphatic carbocycles. The molecule has 146 valence electrons. The highest BCUT2D eigenvalue weighted by Crippen LogP contribution is 2.29. The number of aliphatic hydroxyl groups is 1. The number of halogens is 1. The fourth-order valence-corrected chi connectivity index (χ4v) is 2.67. The molecule has 2 N–H and O–H groups in total. The van der Waals surface area contributed by atoms with Gasteiger partial charge in [0.15, 0.2) is 11.5 Å². The minimum atomic E-state index is -1.14. The van der Waals surface area contributed by atoms with Crippen molar-refractivity contribution in [2.75, 3.05) is 27.4 Å². The number of hydrogen-bond acceptors (Lipinski definition) is 5. The second-order valence-corrected chi connectivity index (χ2v) is 7.31. The van der Waals surface area contributed by atoms with Gasteiger partial charge in [-0.15, -0.1) is 0 Å². The second-order valence-electron chi connectivity index (χ2n) is 6.39. The van der Waals surface area contributed by atoms with Gasteiger partial charge in [0, 0.05) is 23.7 Å². The van der Waals surface area contributed by atoms with Crippen molar-refractivity contribution in [1.29, 1.82) is 0 Å². The van der Waals surface area contributed by atoms with Gasteiger partial charge in [-0.05, 0) is 42.8 Å². The van der Waals surface area contributed by atoms with Gasteiger partial charge in [0.25, 0.3) is 5.91 Å². The summed E-state index contributed by atoms with van der Waals surface area (Å²) in [7, 11) is 3.01. The van der Waals surface area contributed by atoms with Crippen molar-refractivity contribution < 1.29 is 24.1 Å². The van der Waals surface area contributed by atoms with Crippen LogP contribution in [0.25, 0.3) is 0 Å². The van der Waals surface area contributed by atoms with Crippen LogP contribution in [0.3, 0.4) is 0 Å². The summed E-state index contributed by atoms with van der Waals surface area (Å²) in [5, 5.41) is 12.8. The first-order valence-electron chi connectivity index (χ1n) is 8.39. The summed E-state index contributed by atoms with van der Waals surface area (Å²) >= 11 is 3.40. The Balaban J connectivity index is 2.02. The molecular formula is C20H24BrNO5. The maximum atomic E-state index is 12.3. The quantitative estimate of drug-likeness (QED) is 0.629. The van der Waals surface area contributed by atoms with Gasteiger partial charge in [-0.25, -0.2) is 0 Å². The third-order valence-corrected chi connectivity index (χ3v) is 4.35. The lowest BCUT2D eigenvalue weighted by atomic mass is 10.1. The van der Waals surface area contributed by atoms with Crippen LogP contribution in [0.15, 0.2) is 46.9 Å². The van der Waals surface area contributed by atoms with E-state index >= 15 is 0 Å². The van der Waals surface area contributed by atoms with Crippen molar-refractivity contribution in [3.05, 3.63) is 58.1 Å². The summed E-state index contributed by atoms with van der Waals surface area (Å²) < 4.78 is 17.1. The van der Waals surface area contributed by atoms with Crippen LogP contribution in [0.1, 0.15) is 22.8 Å². The Hall–Kier alpha value is -2.09. The normalized spacial score (nSPS) is 12.9. The van der Waals surface area contributed by atoms with Gasteiger partial charge in [0.05, 0.1) is 13.7 Å². The molecular weight excluding hydrogens is 414 g/mol. The first kappa shape index (κ1) is 21.2. The first-order chi connectivity index (χ1) is 12.8. The number of amides is 1. The fourth-order valence-electron chi connectivity index (χ4n) is 2.40. The third-order valence-electron chi connectivity index (χ3n) is 3.82. The molecule has 2 rings (SSSR count). The van der Waals surface area contributed by atoms with Crippen LogP contribution in [0.4, 0.5) is 0 Å². The van der Waals surface area contributed by atoms with E-state index in [4.69, 9.17) is 14.2 Å². The van der Waals surface area contributed by atoms with Crippen LogP contribution in [0.5, 0.6) is 11.5 Å². The minimum absolute atomic E-state index is 0.0732. The van der Waals surface area contributed by atoms with Crippen LogP contribution in [0, 0.1) is 0 Å². The summed E-state index contributed by atoms with van der Waals surface area (Å²) in [6, 6.07) is 12.8. The number of benzene rings is 2. The third kappa shape index (κ3) is 6.53. The van der Waals surface area contributed by atoms with Crippen LogP contribution in [0.2, 0.25) is 0 Å². The molecule has 0 aliphatic rings. The van der Waals surface area contributed by atoms with Crippen molar-refractivity contribution in [2.45, 2.75) is 19.1 Å². The number of carbonyl (C=O) groups is 1. The largest absolute Gasteiger partial charge is 0.493 e. The van der Waals surface area contributed by atoms with E-state index in [1.165, 1.54) is 14.2 Å². The Morgan fingerprint density at radius 1 is 1.15 bits per heavy atom. The van der Waals surface area contributed by atoms with E-state index in [0.717, 1.165) is 10.0 Å². The zero-order valence-corrected chi connectivity index (χ0v) is 17.2. The predicted octanol–water partition coefficient (Wildman–Crippen LogP) is 3.16. The Labute approximate surface area is 167 Å². The average molecular weight is 438 g/mol. The molecule has 0 heterocycles. The SMILES string of the molecule is COC[C@@](C)(O)CNC(=O)c1ccc(OCc2ccc(Br)cc2)c(OC)c1. The molecule has 6 nitrogen and oxygen atoms in total. The second kappa shape index (κ2) is 9.73. The molecule has 0 aliphatic heterocycles. The van der Waals surface area contributed by atoms with Gasteiger partial charge in [-0.2, -0.15) is 0 Å². The Kier molecular flexibility index (Phi) is 7.65. The molecule has 0 saturated carbocycles. The molecule has 1 atom stereocenters. The van der Waals surface area contributed by atoms with Crippen molar-refractivity contribution >= 4 is 21.8 Å². The molecule has 0 bridgehead atoms. The number of ether oxygens (including phenoxy) is 3. The van der Waals surface area contributed by atoms with Gasteiger partial charge in [0.2, 0.25) is 0 Å². The van der Waals surface area contributed by atoms with Crippen LogP contribution in [-0.4, -0.2) is 44.0 Å². The molecule has 0 saturated heterocycles. The molecule has 0 radical (unpaired) electrons. The zero-order chi connectivity index (χ0) is 19.9. The van der Waals surface area contributed by atoms with Gasteiger partial charge < -0.3 is 24.6 Å². The molecule has 0 aromatic heterocycles. The van der Waals surface area contributed by atoms with E-state index in [0.29, 0.717) is 23.7 Å². The van der Waals surface area contributed by atoms with E-state index < -0.39 is 5.60 Å². The predicted molar refractivity (Wildman–Crippen MR) is 106 cm³/mol. The van der Waals surface area contributed by atoms with E-state index in [1.54, 1.807) is 25.1 Å². The molecule has 1 amide bonds. The fraction of sp³-hybridized carbons (Fsp3) is 0.350. The van der Waals surface area contributed by atoms with Crippen molar-refractivity contribution in [1.82, 2.24) is 5.32 Å². The maximum Gasteiger partial charge on any atom is 0.251 e. The maximum absolute atomic E-state index is 12.3. The summed E-state index contributed by atoms with van der Waals surface area (Å²) in [6.07, 6.45) is 0. The highest BCUT2D eigenvalue weighted by molar-refractivity contribution is 9.10. The number of carbonyl (C=O) groups excluding carboxylic acids is 1. The topological polar surface area (TPSA) is 77.0 Å². The van der Waals surface area contributed by atoms with E-state index in [1.807, 2.05) is 24.3 Å². The smallest absolute Gasteiger partial charge is 0.251 e. The van der Waals surface area contributed by atoms with Crippen LogP contribution >= 0.6 is 15.9 Å². The lowest BCUT2D eigenvalue weighted by Gasteiger charge is -2.22. The number of hydrogen-bond donors (Lipinski definition) is 2. The molecule has 7 heteroatoms. The zero-order valence-electron chi connectivity index (χ0n) is 15.6. The lowest BCUT2D eigenvalue weighted by molar-refractivity contribution is -0.0147. The molecule has 2 aromatic rings. The van der Waals surface area contributed by atoms with Crippen molar-refractivity contribution in [3.63, 3.8) is 0 Å². The first-order valence-corrected chi connectivity index (χ1v) is 9.19. The van der Waals surface area contributed by atoms with Crippen molar-refractivity contribution in [3.8, 4) is 11.5 Å². The van der Waals surface area contributed by atoms with Crippen LogP contribution in [-0.2, 0) is 11.3 Å². The number of rotatable bonds is 9. The Bertz CT molecular complexity index is 761. The summed E-state index contributed by atoms with van der Waals surface area (Å²) in [5.74, 6) is 0.691. The summed E-state index contributed by atoms with van der Waals surface area (Å²) in [4.78, 5) is 12.3. The number of nitrogens with one attached hydrogen (secondary N) is 1. The molecule has 2 aromatic carbocycles. The van der Waals surface area contributed by atoms with Gasteiger partial charge in [-0.3, -0.25) is 4.79 Å². The Morgan fingerprint density at radius 3 is 2.48 bits per heavy atom. The van der Waals surface area contributed by atoms with E-state index in [2.05, 4.69) is 21.2 Å². The van der Waals surface area contributed by atoms with Gasteiger partial charge in [-0.1, -0.05) is 28.1 Å². The van der Waals surface area contributed by atoms with E-state index in [-0.39, 0.29) is 19.1 Å². The highest BCUT2D eigenvalue weighted by Gasteiger charge is 2.21. The van der Waals surface area contributed by atoms with Crippen molar-refractivity contribution in [2.24, 2.45) is 0 Å². The monoisotopic (exact) mass is 437 g/mol. The highest BCUT2D eigenvalue weighted by atomic mass is 79.9. The summed E-state index contributed by atoms with van der Waals surface area (Å²) in [6.45, 7) is 2.18. The van der Waals surface area contributed by atoms with Crippen LogP contribution < -0.4 is 14.8 Å². The summed E-state index contributed by atoms with van der Waals surface area (Å²) in [5.41, 5.74) is 0.292. The molecule has 27 heavy (non-hydrogen) atoms. The van der Waals surface area contributed by atoms with E-state index in [9.17, 15) is 9.90 Å².